The third-order valence-corrected chi connectivity index (χ3v) is 3.83. The summed E-state index contributed by atoms with van der Waals surface area (Å²) >= 11 is 12.2. The highest BCUT2D eigenvalue weighted by Gasteiger charge is 2.10. The second kappa shape index (κ2) is 4.87. The Morgan fingerprint density at radius 3 is 2.47 bits per heavy atom. The highest BCUT2D eigenvalue weighted by Crippen LogP contribution is 2.26. The molecule has 0 saturated heterocycles. The summed E-state index contributed by atoms with van der Waals surface area (Å²) in [7, 11) is 0. The molecule has 96 valence electrons. The molecule has 2 aromatic carbocycles. The second-order valence-electron chi connectivity index (χ2n) is 4.32. The standard InChI is InChI=1S/C15H10Cl2FN/c16-12-4-2-6-15-10(12)7-8-19(15)9-11-13(17)3-1-5-14(11)18/h1-8H,9H2. The third-order valence-electron chi connectivity index (χ3n) is 3.15. The predicted molar refractivity (Wildman–Crippen MR) is 77.5 cm³/mol. The molecule has 3 rings (SSSR count). The molecule has 0 aliphatic carbocycles. The minimum atomic E-state index is -0.295. The van der Waals surface area contributed by atoms with Crippen LogP contribution in [-0.2, 0) is 6.54 Å². The van der Waals surface area contributed by atoms with Gasteiger partial charge in [-0.15, -0.1) is 0 Å². The van der Waals surface area contributed by atoms with Gasteiger partial charge in [0.05, 0.1) is 6.54 Å². The molecule has 1 heterocycles. The lowest BCUT2D eigenvalue weighted by atomic mass is 10.2. The molecule has 1 aromatic heterocycles. The molecular weight excluding hydrogens is 284 g/mol. The van der Waals surface area contributed by atoms with E-state index in [1.54, 1.807) is 12.1 Å². The second-order valence-corrected chi connectivity index (χ2v) is 5.13. The van der Waals surface area contributed by atoms with Crippen molar-refractivity contribution in [3.63, 3.8) is 0 Å². The van der Waals surface area contributed by atoms with Crippen LogP contribution in [0, 0.1) is 5.82 Å². The molecule has 0 atom stereocenters. The first kappa shape index (κ1) is 12.5. The summed E-state index contributed by atoms with van der Waals surface area (Å²) in [6, 6.07) is 12.3. The highest BCUT2D eigenvalue weighted by atomic mass is 35.5. The number of halogens is 3. The fourth-order valence-corrected chi connectivity index (χ4v) is 2.63. The number of fused-ring (bicyclic) bond motifs is 1. The summed E-state index contributed by atoms with van der Waals surface area (Å²) in [6.45, 7) is 0.384. The quantitative estimate of drug-likeness (QED) is 0.617. The van der Waals surface area contributed by atoms with Gasteiger partial charge in [0.1, 0.15) is 5.82 Å². The van der Waals surface area contributed by atoms with E-state index in [0.29, 0.717) is 22.2 Å². The summed E-state index contributed by atoms with van der Waals surface area (Å²) in [6.07, 6.45) is 1.89. The third kappa shape index (κ3) is 2.22. The van der Waals surface area contributed by atoms with Gasteiger partial charge in [-0.05, 0) is 30.3 Å². The van der Waals surface area contributed by atoms with Crippen LogP contribution in [0.15, 0.2) is 48.7 Å². The Bertz CT molecular complexity index is 729. The van der Waals surface area contributed by atoms with Gasteiger partial charge in [-0.2, -0.15) is 0 Å². The van der Waals surface area contributed by atoms with Gasteiger partial charge in [0.15, 0.2) is 0 Å². The average molecular weight is 294 g/mol. The van der Waals surface area contributed by atoms with Gasteiger partial charge >= 0.3 is 0 Å². The summed E-state index contributed by atoms with van der Waals surface area (Å²) in [4.78, 5) is 0. The van der Waals surface area contributed by atoms with Crippen molar-refractivity contribution in [3.8, 4) is 0 Å². The van der Waals surface area contributed by atoms with Gasteiger partial charge in [0, 0.05) is 32.7 Å². The van der Waals surface area contributed by atoms with Crippen molar-refractivity contribution in [1.82, 2.24) is 4.57 Å². The van der Waals surface area contributed by atoms with Crippen LogP contribution in [0.5, 0.6) is 0 Å². The Morgan fingerprint density at radius 1 is 0.947 bits per heavy atom. The molecule has 0 N–H and O–H groups in total. The van der Waals surface area contributed by atoms with Crippen molar-refractivity contribution >= 4 is 34.1 Å². The molecule has 0 radical (unpaired) electrons. The Morgan fingerprint density at radius 2 is 1.68 bits per heavy atom. The van der Waals surface area contributed by atoms with Crippen molar-refractivity contribution < 1.29 is 4.39 Å². The molecule has 0 saturated carbocycles. The monoisotopic (exact) mass is 293 g/mol. The summed E-state index contributed by atoms with van der Waals surface area (Å²) in [5.74, 6) is -0.295. The number of aromatic nitrogens is 1. The molecule has 0 aliphatic rings. The van der Waals surface area contributed by atoms with E-state index in [0.717, 1.165) is 10.9 Å². The minimum Gasteiger partial charge on any atom is -0.343 e. The number of benzene rings is 2. The number of rotatable bonds is 2. The van der Waals surface area contributed by atoms with Crippen LogP contribution in [0.2, 0.25) is 10.0 Å². The topological polar surface area (TPSA) is 4.93 Å². The average Bonchev–Trinajstić information content (AvgIpc) is 2.79. The fraction of sp³-hybridized carbons (Fsp3) is 0.0667. The molecule has 0 unspecified atom stereocenters. The van der Waals surface area contributed by atoms with E-state index in [1.165, 1.54) is 6.07 Å². The van der Waals surface area contributed by atoms with Crippen molar-refractivity contribution in [1.29, 1.82) is 0 Å². The molecule has 4 heteroatoms. The van der Waals surface area contributed by atoms with E-state index >= 15 is 0 Å². The van der Waals surface area contributed by atoms with E-state index in [2.05, 4.69) is 0 Å². The maximum Gasteiger partial charge on any atom is 0.129 e. The number of hydrogen-bond donors (Lipinski definition) is 0. The maximum atomic E-state index is 13.8. The van der Waals surface area contributed by atoms with Crippen molar-refractivity contribution in [2.24, 2.45) is 0 Å². The molecule has 19 heavy (non-hydrogen) atoms. The molecule has 0 amide bonds. The van der Waals surface area contributed by atoms with Gasteiger partial charge in [-0.3, -0.25) is 0 Å². The normalized spacial score (nSPS) is 11.1. The number of nitrogens with zero attached hydrogens (tertiary/aromatic N) is 1. The van der Waals surface area contributed by atoms with E-state index in [4.69, 9.17) is 23.2 Å². The lowest BCUT2D eigenvalue weighted by Gasteiger charge is -2.09. The predicted octanol–water partition coefficient (Wildman–Crippen LogP) is 5.14. The molecule has 0 spiro atoms. The van der Waals surface area contributed by atoms with Crippen LogP contribution in [0.1, 0.15) is 5.56 Å². The van der Waals surface area contributed by atoms with Crippen LogP contribution in [0.4, 0.5) is 4.39 Å². The lowest BCUT2D eigenvalue weighted by Crippen LogP contribution is -2.01. The first-order valence-electron chi connectivity index (χ1n) is 5.83. The van der Waals surface area contributed by atoms with Gasteiger partial charge < -0.3 is 4.57 Å². The van der Waals surface area contributed by atoms with E-state index < -0.39 is 0 Å². The van der Waals surface area contributed by atoms with Crippen LogP contribution < -0.4 is 0 Å². The highest BCUT2D eigenvalue weighted by molar-refractivity contribution is 6.35. The molecular formula is C15H10Cl2FN. The minimum absolute atomic E-state index is 0.295. The number of hydrogen-bond acceptors (Lipinski definition) is 0. The zero-order chi connectivity index (χ0) is 13.4. The van der Waals surface area contributed by atoms with E-state index in [-0.39, 0.29) is 5.82 Å². The van der Waals surface area contributed by atoms with Crippen LogP contribution in [-0.4, -0.2) is 4.57 Å². The molecule has 0 fully saturated rings. The molecule has 0 aliphatic heterocycles. The molecule has 0 bridgehead atoms. The zero-order valence-corrected chi connectivity index (χ0v) is 11.4. The lowest BCUT2D eigenvalue weighted by molar-refractivity contribution is 0.602. The van der Waals surface area contributed by atoms with E-state index in [9.17, 15) is 4.39 Å². The van der Waals surface area contributed by atoms with Gasteiger partial charge in [-0.25, -0.2) is 4.39 Å². The summed E-state index contributed by atoms with van der Waals surface area (Å²) in [5, 5.41) is 2.08. The Kier molecular flexibility index (Phi) is 3.21. The maximum absolute atomic E-state index is 13.8. The Balaban J connectivity index is 2.09. The summed E-state index contributed by atoms with van der Waals surface area (Å²) in [5.41, 5.74) is 1.45. The zero-order valence-electron chi connectivity index (χ0n) is 9.91. The molecule has 1 nitrogen and oxygen atoms in total. The van der Waals surface area contributed by atoms with Crippen LogP contribution in [0.3, 0.4) is 0 Å². The summed E-state index contributed by atoms with van der Waals surface area (Å²) < 4.78 is 15.7. The first-order chi connectivity index (χ1) is 9.16. The Hall–Kier alpha value is -1.51. The largest absolute Gasteiger partial charge is 0.343 e. The first-order valence-corrected chi connectivity index (χ1v) is 6.58. The Labute approximate surface area is 120 Å². The smallest absolute Gasteiger partial charge is 0.129 e. The van der Waals surface area contributed by atoms with Crippen LogP contribution >= 0.6 is 23.2 Å². The molecule has 3 aromatic rings. The van der Waals surface area contributed by atoms with Gasteiger partial charge in [0.2, 0.25) is 0 Å². The van der Waals surface area contributed by atoms with Crippen molar-refractivity contribution in [2.75, 3.05) is 0 Å². The van der Waals surface area contributed by atoms with Crippen molar-refractivity contribution in [3.05, 3.63) is 70.1 Å². The fourth-order valence-electron chi connectivity index (χ4n) is 2.18. The van der Waals surface area contributed by atoms with Gasteiger partial charge in [-0.1, -0.05) is 35.3 Å². The van der Waals surface area contributed by atoms with Crippen LogP contribution in [0.25, 0.3) is 10.9 Å². The van der Waals surface area contributed by atoms with Gasteiger partial charge in [0.25, 0.3) is 0 Å². The van der Waals surface area contributed by atoms with Crippen molar-refractivity contribution in [2.45, 2.75) is 6.54 Å². The van der Waals surface area contributed by atoms with E-state index in [1.807, 2.05) is 35.0 Å². The SMILES string of the molecule is Fc1cccc(Cl)c1Cn1ccc2c(Cl)cccc21.